The monoisotopic (exact) mass is 260 g/mol. The molecule has 19 heavy (non-hydrogen) atoms. The molecule has 1 heterocycles. The van der Waals surface area contributed by atoms with E-state index < -0.39 is 0 Å². The second-order valence-corrected chi connectivity index (χ2v) is 3.91. The van der Waals surface area contributed by atoms with E-state index in [4.69, 9.17) is 9.47 Å². The number of para-hydroxylation sites is 1. The Hall–Kier alpha value is -2.30. The summed E-state index contributed by atoms with van der Waals surface area (Å²) in [4.78, 5) is 16.6. The van der Waals surface area contributed by atoms with Gasteiger partial charge in [0, 0.05) is 18.9 Å². The lowest BCUT2D eigenvalue weighted by Crippen LogP contribution is -2.12. The Morgan fingerprint density at radius 1 is 1.32 bits per heavy atom. The number of nitrogens with zero attached hydrogens (tertiary/aromatic N) is 2. The van der Waals surface area contributed by atoms with Gasteiger partial charge in [0.15, 0.2) is 17.3 Å². The Morgan fingerprint density at radius 2 is 2.11 bits per heavy atom. The molecule has 0 aliphatic carbocycles. The highest BCUT2D eigenvalue weighted by molar-refractivity contribution is 6.09. The lowest BCUT2D eigenvalue weighted by molar-refractivity contribution is 0.102. The van der Waals surface area contributed by atoms with Crippen LogP contribution in [0.25, 0.3) is 0 Å². The fourth-order valence-corrected chi connectivity index (χ4v) is 1.96. The predicted molar refractivity (Wildman–Crippen MR) is 70.9 cm³/mol. The molecule has 2 aromatic rings. The minimum atomic E-state index is -0.178. The Balaban J connectivity index is 2.50. The molecule has 0 N–H and O–H groups in total. The first-order valence-corrected chi connectivity index (χ1v) is 5.99. The summed E-state index contributed by atoms with van der Waals surface area (Å²) in [5.74, 6) is 1.18. The molecular formula is C14H16N2O3. The van der Waals surface area contributed by atoms with Crippen LogP contribution in [-0.2, 0) is 6.54 Å². The quantitative estimate of drug-likeness (QED) is 0.773. The van der Waals surface area contributed by atoms with Crippen molar-refractivity contribution in [2.75, 3.05) is 14.2 Å². The van der Waals surface area contributed by atoms with Crippen molar-refractivity contribution >= 4 is 5.78 Å². The van der Waals surface area contributed by atoms with Crippen molar-refractivity contribution in [3.05, 3.63) is 42.0 Å². The number of carbonyl (C=O) groups excluding carboxylic acids is 1. The summed E-state index contributed by atoms with van der Waals surface area (Å²) in [5, 5.41) is 0. The Morgan fingerprint density at radius 3 is 2.74 bits per heavy atom. The molecule has 1 aromatic carbocycles. The zero-order chi connectivity index (χ0) is 13.8. The molecule has 0 fully saturated rings. The van der Waals surface area contributed by atoms with E-state index in [1.807, 2.05) is 6.92 Å². The number of methoxy groups -OCH3 is 2. The van der Waals surface area contributed by atoms with Crippen LogP contribution >= 0.6 is 0 Å². The van der Waals surface area contributed by atoms with Crippen LogP contribution < -0.4 is 9.47 Å². The van der Waals surface area contributed by atoms with Gasteiger partial charge in [0.05, 0.1) is 19.8 Å². The van der Waals surface area contributed by atoms with Crippen LogP contribution in [0.15, 0.2) is 30.6 Å². The summed E-state index contributed by atoms with van der Waals surface area (Å²) < 4.78 is 12.3. The number of aromatic nitrogens is 2. The van der Waals surface area contributed by atoms with E-state index >= 15 is 0 Å². The van der Waals surface area contributed by atoms with Gasteiger partial charge in [-0.2, -0.15) is 0 Å². The molecule has 0 bridgehead atoms. The smallest absolute Gasteiger partial charge is 0.232 e. The predicted octanol–water partition coefficient (Wildman–Crippen LogP) is 2.15. The van der Waals surface area contributed by atoms with E-state index in [9.17, 15) is 4.79 Å². The topological polar surface area (TPSA) is 53.4 Å². The molecule has 100 valence electrons. The highest BCUT2D eigenvalue weighted by atomic mass is 16.5. The van der Waals surface area contributed by atoms with Crippen molar-refractivity contribution in [1.82, 2.24) is 9.55 Å². The number of rotatable bonds is 5. The Bertz CT molecular complexity index is 590. The van der Waals surface area contributed by atoms with Gasteiger partial charge in [0.2, 0.25) is 5.78 Å². The standard InChI is InChI=1S/C14H16N2O3/c1-4-16-9-8-15-14(16)12(17)10-6-5-7-11(18-2)13(10)19-3/h5-9H,4H2,1-3H3. The number of hydrogen-bond acceptors (Lipinski definition) is 4. The molecular weight excluding hydrogens is 244 g/mol. The Kier molecular flexibility index (Phi) is 3.85. The van der Waals surface area contributed by atoms with Crippen molar-refractivity contribution in [2.24, 2.45) is 0 Å². The van der Waals surface area contributed by atoms with Gasteiger partial charge in [-0.25, -0.2) is 4.98 Å². The molecule has 0 spiro atoms. The second-order valence-electron chi connectivity index (χ2n) is 3.91. The Labute approximate surface area is 111 Å². The van der Waals surface area contributed by atoms with E-state index in [0.717, 1.165) is 0 Å². The molecule has 0 radical (unpaired) electrons. The van der Waals surface area contributed by atoms with E-state index in [0.29, 0.717) is 29.4 Å². The molecule has 0 amide bonds. The van der Waals surface area contributed by atoms with Gasteiger partial charge >= 0.3 is 0 Å². The van der Waals surface area contributed by atoms with Crippen molar-refractivity contribution in [3.8, 4) is 11.5 Å². The first-order valence-electron chi connectivity index (χ1n) is 5.99. The molecule has 2 rings (SSSR count). The summed E-state index contributed by atoms with van der Waals surface area (Å²) in [6.07, 6.45) is 3.39. The third-order valence-electron chi connectivity index (χ3n) is 2.91. The average Bonchev–Trinajstić information content (AvgIpc) is 2.93. The molecule has 0 saturated carbocycles. The summed E-state index contributed by atoms with van der Waals surface area (Å²) in [5.41, 5.74) is 0.447. The number of hydrogen-bond donors (Lipinski definition) is 0. The van der Waals surface area contributed by atoms with Crippen LogP contribution in [0.2, 0.25) is 0 Å². The molecule has 5 nitrogen and oxygen atoms in total. The van der Waals surface area contributed by atoms with E-state index in [2.05, 4.69) is 4.98 Å². The molecule has 5 heteroatoms. The summed E-state index contributed by atoms with van der Waals surface area (Å²) in [7, 11) is 3.06. The minimum Gasteiger partial charge on any atom is -0.493 e. The van der Waals surface area contributed by atoms with E-state index in [-0.39, 0.29) is 5.78 Å². The fourth-order valence-electron chi connectivity index (χ4n) is 1.96. The van der Waals surface area contributed by atoms with E-state index in [1.54, 1.807) is 42.3 Å². The number of benzene rings is 1. The molecule has 0 aliphatic rings. The molecule has 1 aromatic heterocycles. The van der Waals surface area contributed by atoms with Crippen LogP contribution in [0.5, 0.6) is 11.5 Å². The summed E-state index contributed by atoms with van der Waals surface area (Å²) in [6, 6.07) is 5.22. The van der Waals surface area contributed by atoms with Gasteiger partial charge in [-0.15, -0.1) is 0 Å². The van der Waals surface area contributed by atoms with Gasteiger partial charge in [0.25, 0.3) is 0 Å². The van der Waals surface area contributed by atoms with Crippen molar-refractivity contribution in [2.45, 2.75) is 13.5 Å². The zero-order valence-corrected chi connectivity index (χ0v) is 11.2. The number of imidazole rings is 1. The SMILES string of the molecule is CCn1ccnc1C(=O)c1cccc(OC)c1OC. The largest absolute Gasteiger partial charge is 0.493 e. The van der Waals surface area contributed by atoms with Crippen LogP contribution in [0.3, 0.4) is 0 Å². The summed E-state index contributed by atoms with van der Waals surface area (Å²) in [6.45, 7) is 2.65. The highest BCUT2D eigenvalue weighted by Crippen LogP contribution is 2.31. The van der Waals surface area contributed by atoms with Gasteiger partial charge in [-0.1, -0.05) is 6.07 Å². The first-order chi connectivity index (χ1) is 9.22. The van der Waals surface area contributed by atoms with Gasteiger partial charge in [-0.3, -0.25) is 4.79 Å². The molecule has 0 aliphatic heterocycles. The maximum Gasteiger partial charge on any atom is 0.232 e. The highest BCUT2D eigenvalue weighted by Gasteiger charge is 2.21. The summed E-state index contributed by atoms with van der Waals surface area (Å²) >= 11 is 0. The number of aryl methyl sites for hydroxylation is 1. The van der Waals surface area contributed by atoms with Gasteiger partial charge in [-0.05, 0) is 19.1 Å². The van der Waals surface area contributed by atoms with Crippen LogP contribution in [-0.4, -0.2) is 29.6 Å². The van der Waals surface area contributed by atoms with Crippen LogP contribution in [0, 0.1) is 0 Å². The number of ketones is 1. The lowest BCUT2D eigenvalue weighted by Gasteiger charge is -2.11. The third kappa shape index (κ3) is 2.31. The van der Waals surface area contributed by atoms with Crippen molar-refractivity contribution in [3.63, 3.8) is 0 Å². The molecule has 0 saturated heterocycles. The van der Waals surface area contributed by atoms with E-state index in [1.165, 1.54) is 7.11 Å². The first kappa shape index (κ1) is 13.1. The zero-order valence-electron chi connectivity index (χ0n) is 11.2. The van der Waals surface area contributed by atoms with Crippen molar-refractivity contribution < 1.29 is 14.3 Å². The second kappa shape index (κ2) is 5.56. The third-order valence-corrected chi connectivity index (χ3v) is 2.91. The van der Waals surface area contributed by atoms with Gasteiger partial charge < -0.3 is 14.0 Å². The molecule has 0 unspecified atom stereocenters. The maximum atomic E-state index is 12.5. The maximum absolute atomic E-state index is 12.5. The van der Waals surface area contributed by atoms with Crippen LogP contribution in [0.4, 0.5) is 0 Å². The minimum absolute atomic E-state index is 0.178. The average molecular weight is 260 g/mol. The lowest BCUT2D eigenvalue weighted by atomic mass is 10.1. The normalized spacial score (nSPS) is 10.3. The number of ether oxygens (including phenoxy) is 2. The van der Waals surface area contributed by atoms with Crippen LogP contribution in [0.1, 0.15) is 23.1 Å². The fraction of sp³-hybridized carbons (Fsp3) is 0.286. The van der Waals surface area contributed by atoms with Crippen molar-refractivity contribution in [1.29, 1.82) is 0 Å². The van der Waals surface area contributed by atoms with Gasteiger partial charge in [0.1, 0.15) is 0 Å². The molecule has 0 atom stereocenters. The number of carbonyl (C=O) groups is 1.